The third kappa shape index (κ3) is 8.71. The highest BCUT2D eigenvalue weighted by molar-refractivity contribution is 5.98. The summed E-state index contributed by atoms with van der Waals surface area (Å²) in [5, 5.41) is 4.91. The van der Waals surface area contributed by atoms with Crippen LogP contribution in [0.4, 0.5) is 8.78 Å². The number of pyridine rings is 1. The van der Waals surface area contributed by atoms with Crippen LogP contribution < -0.4 is 11.1 Å². The van der Waals surface area contributed by atoms with E-state index in [0.717, 1.165) is 39.6 Å². The van der Waals surface area contributed by atoms with Crippen LogP contribution in [0.2, 0.25) is 0 Å². The molecule has 1 heterocycles. The Kier molecular flexibility index (Phi) is 11.4. The molecule has 0 saturated heterocycles. The molecular formula is C39H39F2N5O3. The summed E-state index contributed by atoms with van der Waals surface area (Å²) in [5.41, 5.74) is 9.09. The molecule has 0 fully saturated rings. The first-order chi connectivity index (χ1) is 23.6. The fraction of sp³-hybridized carbons (Fsp3) is 0.231. The molecule has 0 radical (unpaired) electrons. The SMILES string of the molecule is CN(C(=O)c1cccc(CN)c1)[C@H](Cc1ccc2ccccc2c1)C(=O)N(C)[C@H](Cc1ccc(F)c(F)c1)C(=O)NCCc1ccncc1. The molecule has 3 amide bonds. The Labute approximate surface area is 284 Å². The molecule has 0 spiro atoms. The van der Waals surface area contributed by atoms with Crippen LogP contribution in [0, 0.1) is 11.6 Å². The zero-order chi connectivity index (χ0) is 34.9. The smallest absolute Gasteiger partial charge is 0.254 e. The number of likely N-dealkylation sites (N-methyl/N-ethyl adjacent to an activating group) is 2. The highest BCUT2D eigenvalue weighted by atomic mass is 19.2. The minimum Gasteiger partial charge on any atom is -0.354 e. The van der Waals surface area contributed by atoms with Gasteiger partial charge >= 0.3 is 0 Å². The maximum Gasteiger partial charge on any atom is 0.254 e. The summed E-state index contributed by atoms with van der Waals surface area (Å²) >= 11 is 0. The Bertz CT molecular complexity index is 1940. The second-order valence-electron chi connectivity index (χ2n) is 12.0. The van der Waals surface area contributed by atoms with Gasteiger partial charge in [-0.15, -0.1) is 0 Å². The van der Waals surface area contributed by atoms with E-state index in [1.165, 1.54) is 22.9 Å². The molecule has 2 atom stereocenters. The molecule has 5 aromatic rings. The monoisotopic (exact) mass is 663 g/mol. The van der Waals surface area contributed by atoms with Crippen molar-refractivity contribution in [3.8, 4) is 0 Å². The van der Waals surface area contributed by atoms with E-state index >= 15 is 0 Å². The second kappa shape index (κ2) is 16.1. The third-order valence-electron chi connectivity index (χ3n) is 8.72. The number of rotatable bonds is 13. The summed E-state index contributed by atoms with van der Waals surface area (Å²) in [5.74, 6) is -3.41. The number of amides is 3. The van der Waals surface area contributed by atoms with Crippen LogP contribution >= 0.6 is 0 Å². The molecule has 0 aliphatic rings. The van der Waals surface area contributed by atoms with Crippen LogP contribution in [-0.4, -0.2) is 65.2 Å². The van der Waals surface area contributed by atoms with Crippen molar-refractivity contribution in [3.05, 3.63) is 149 Å². The molecule has 0 unspecified atom stereocenters. The number of carbonyl (C=O) groups excluding carboxylic acids is 3. The van der Waals surface area contributed by atoms with Crippen molar-refractivity contribution in [2.45, 2.75) is 37.9 Å². The van der Waals surface area contributed by atoms with Gasteiger partial charge in [-0.1, -0.05) is 60.7 Å². The maximum atomic E-state index is 14.6. The van der Waals surface area contributed by atoms with Gasteiger partial charge in [0, 0.05) is 58.0 Å². The van der Waals surface area contributed by atoms with Crippen molar-refractivity contribution in [1.29, 1.82) is 0 Å². The molecule has 0 aliphatic carbocycles. The lowest BCUT2D eigenvalue weighted by atomic mass is 9.98. The summed E-state index contributed by atoms with van der Waals surface area (Å²) in [6.07, 6.45) is 3.92. The highest BCUT2D eigenvalue weighted by Gasteiger charge is 2.35. The fourth-order valence-corrected chi connectivity index (χ4v) is 5.84. The number of aromatic nitrogens is 1. The molecular weight excluding hydrogens is 624 g/mol. The number of benzene rings is 4. The van der Waals surface area contributed by atoms with Crippen LogP contribution in [0.5, 0.6) is 0 Å². The predicted octanol–water partition coefficient (Wildman–Crippen LogP) is 5.08. The van der Waals surface area contributed by atoms with Crippen LogP contribution in [0.1, 0.15) is 32.6 Å². The Hall–Kier alpha value is -5.48. The van der Waals surface area contributed by atoms with Crippen molar-refractivity contribution in [3.63, 3.8) is 0 Å². The second-order valence-corrected chi connectivity index (χ2v) is 12.0. The summed E-state index contributed by atoms with van der Waals surface area (Å²) in [6.45, 7) is 0.518. The van der Waals surface area contributed by atoms with E-state index in [1.807, 2.05) is 60.7 Å². The molecule has 0 aliphatic heterocycles. The largest absolute Gasteiger partial charge is 0.354 e. The number of nitrogens with two attached hydrogens (primary N) is 1. The quantitative estimate of drug-likeness (QED) is 0.183. The van der Waals surface area contributed by atoms with Crippen LogP contribution in [0.15, 0.2) is 109 Å². The van der Waals surface area contributed by atoms with Gasteiger partial charge in [-0.3, -0.25) is 19.4 Å². The van der Waals surface area contributed by atoms with Gasteiger partial charge in [0.1, 0.15) is 12.1 Å². The first-order valence-electron chi connectivity index (χ1n) is 16.1. The number of hydrogen-bond donors (Lipinski definition) is 2. The molecule has 0 saturated carbocycles. The van der Waals surface area contributed by atoms with Gasteiger partial charge in [0.05, 0.1) is 0 Å². The number of nitrogens with zero attached hydrogens (tertiary/aromatic N) is 3. The standard InChI is InChI=1S/C39H39F2N5O3/c1-45(35(23-28-11-13-33(40)34(41)22-28)37(47)44-19-16-26-14-17-43-18-15-26)39(49)36(24-27-10-12-30-7-3-4-8-31(30)20-27)46(2)38(48)32-9-5-6-29(21-32)25-42/h3-15,17-18,20-22,35-36H,16,19,23-25,42H2,1-2H3,(H,44,47)/t35-,36-/m1/s1. The first-order valence-corrected chi connectivity index (χ1v) is 16.1. The number of carbonyl (C=O) groups is 3. The van der Waals surface area contributed by atoms with E-state index in [0.29, 0.717) is 17.5 Å². The normalized spacial score (nSPS) is 12.3. The van der Waals surface area contributed by atoms with Crippen molar-refractivity contribution >= 4 is 28.5 Å². The molecule has 1 aromatic heterocycles. The topological polar surface area (TPSA) is 109 Å². The predicted molar refractivity (Wildman–Crippen MR) is 185 cm³/mol. The van der Waals surface area contributed by atoms with Crippen LogP contribution in [0.3, 0.4) is 0 Å². The van der Waals surface area contributed by atoms with Gasteiger partial charge in [0.15, 0.2) is 11.6 Å². The summed E-state index contributed by atoms with van der Waals surface area (Å²) in [7, 11) is 3.06. The van der Waals surface area contributed by atoms with Gasteiger partial charge in [0.25, 0.3) is 5.91 Å². The first kappa shape index (κ1) is 34.8. The number of nitrogens with one attached hydrogen (secondary N) is 1. The van der Waals surface area contributed by atoms with Crippen LogP contribution in [-0.2, 0) is 35.4 Å². The van der Waals surface area contributed by atoms with Crippen molar-refractivity contribution in [2.24, 2.45) is 5.73 Å². The summed E-state index contributed by atoms with van der Waals surface area (Å²) < 4.78 is 28.1. The number of fused-ring (bicyclic) bond motifs is 1. The minimum absolute atomic E-state index is 0.0839. The lowest BCUT2D eigenvalue weighted by Gasteiger charge is -2.35. The van der Waals surface area contributed by atoms with Crippen molar-refractivity contribution in [1.82, 2.24) is 20.1 Å². The molecule has 252 valence electrons. The Balaban J connectivity index is 1.46. The summed E-state index contributed by atoms with van der Waals surface area (Å²) in [4.78, 5) is 48.9. The van der Waals surface area contributed by atoms with Crippen molar-refractivity contribution < 1.29 is 23.2 Å². The van der Waals surface area contributed by atoms with E-state index < -0.39 is 35.5 Å². The molecule has 10 heteroatoms. The van der Waals surface area contributed by atoms with E-state index in [2.05, 4.69) is 10.3 Å². The van der Waals surface area contributed by atoms with Crippen LogP contribution in [0.25, 0.3) is 10.8 Å². The summed E-state index contributed by atoms with van der Waals surface area (Å²) in [6, 6.07) is 25.6. The molecule has 3 N–H and O–H groups in total. The van der Waals surface area contributed by atoms with Gasteiger partial charge in [-0.25, -0.2) is 8.78 Å². The van der Waals surface area contributed by atoms with E-state index in [9.17, 15) is 23.2 Å². The van der Waals surface area contributed by atoms with E-state index in [4.69, 9.17) is 5.73 Å². The van der Waals surface area contributed by atoms with Gasteiger partial charge < -0.3 is 20.9 Å². The lowest BCUT2D eigenvalue weighted by Crippen LogP contribution is -2.56. The zero-order valence-corrected chi connectivity index (χ0v) is 27.5. The Morgan fingerprint density at radius 3 is 2.14 bits per heavy atom. The third-order valence-corrected chi connectivity index (χ3v) is 8.72. The number of halogens is 2. The molecule has 8 nitrogen and oxygen atoms in total. The average Bonchev–Trinajstić information content (AvgIpc) is 3.13. The average molecular weight is 664 g/mol. The fourth-order valence-electron chi connectivity index (χ4n) is 5.84. The van der Waals surface area contributed by atoms with Crippen molar-refractivity contribution in [2.75, 3.05) is 20.6 Å². The van der Waals surface area contributed by atoms with Gasteiger partial charge in [-0.05, 0) is 75.8 Å². The Morgan fingerprint density at radius 1 is 0.714 bits per heavy atom. The zero-order valence-electron chi connectivity index (χ0n) is 27.5. The van der Waals surface area contributed by atoms with E-state index in [-0.39, 0.29) is 31.8 Å². The Morgan fingerprint density at radius 2 is 1.41 bits per heavy atom. The molecule has 5 rings (SSSR count). The lowest BCUT2D eigenvalue weighted by molar-refractivity contribution is -0.142. The maximum absolute atomic E-state index is 14.6. The van der Waals surface area contributed by atoms with E-state index in [1.54, 1.807) is 37.6 Å². The molecule has 0 bridgehead atoms. The highest BCUT2D eigenvalue weighted by Crippen LogP contribution is 2.22. The molecule has 49 heavy (non-hydrogen) atoms. The van der Waals surface area contributed by atoms with Gasteiger partial charge in [0.2, 0.25) is 11.8 Å². The number of hydrogen-bond acceptors (Lipinski definition) is 5. The minimum atomic E-state index is -1.10. The van der Waals surface area contributed by atoms with Gasteiger partial charge in [-0.2, -0.15) is 0 Å². The molecule has 4 aromatic carbocycles.